The summed E-state index contributed by atoms with van der Waals surface area (Å²) in [6.07, 6.45) is 2.03. The Morgan fingerprint density at radius 3 is 2.39 bits per heavy atom. The molecule has 0 fully saturated rings. The van der Waals surface area contributed by atoms with Crippen molar-refractivity contribution < 1.29 is 13.2 Å². The fraction of sp³-hybridized carbons (Fsp3) is 0.538. The third-order valence-corrected chi connectivity index (χ3v) is 3.71. The van der Waals surface area contributed by atoms with Crippen LogP contribution < -0.4 is 10.5 Å². The Kier molecular flexibility index (Phi) is 4.62. The molecule has 0 spiro atoms. The van der Waals surface area contributed by atoms with Crippen LogP contribution in [-0.2, 0) is 9.84 Å². The van der Waals surface area contributed by atoms with E-state index in [1.165, 1.54) is 6.07 Å². The van der Waals surface area contributed by atoms with E-state index in [1.807, 2.05) is 6.92 Å². The third-order valence-electron chi connectivity index (χ3n) is 2.56. The standard InChI is InChI=1S/C13H21NO3S/c1-9(2)8-10(3)17-11-6-5-7-12(13(11)14)18(4,15)16/h5-7,9-10H,8,14H2,1-4H3. The molecule has 1 rings (SSSR count). The van der Waals surface area contributed by atoms with Crippen LogP contribution >= 0.6 is 0 Å². The van der Waals surface area contributed by atoms with Crippen LogP contribution in [0.4, 0.5) is 5.69 Å². The smallest absolute Gasteiger partial charge is 0.177 e. The van der Waals surface area contributed by atoms with E-state index in [1.54, 1.807) is 12.1 Å². The molecule has 2 N–H and O–H groups in total. The van der Waals surface area contributed by atoms with E-state index in [0.717, 1.165) is 12.7 Å². The maximum absolute atomic E-state index is 11.5. The van der Waals surface area contributed by atoms with Crippen molar-refractivity contribution in [3.8, 4) is 5.75 Å². The number of hydrogen-bond donors (Lipinski definition) is 1. The van der Waals surface area contributed by atoms with E-state index in [2.05, 4.69) is 13.8 Å². The first-order chi connectivity index (χ1) is 8.21. The summed E-state index contributed by atoms with van der Waals surface area (Å²) < 4.78 is 28.8. The quantitative estimate of drug-likeness (QED) is 0.835. The van der Waals surface area contributed by atoms with Crippen molar-refractivity contribution in [1.82, 2.24) is 0 Å². The van der Waals surface area contributed by atoms with Crippen LogP contribution in [0, 0.1) is 5.92 Å². The van der Waals surface area contributed by atoms with Gasteiger partial charge in [-0.05, 0) is 31.4 Å². The molecule has 1 unspecified atom stereocenters. The maximum Gasteiger partial charge on any atom is 0.177 e. The fourth-order valence-electron chi connectivity index (χ4n) is 1.88. The third kappa shape index (κ3) is 3.91. The van der Waals surface area contributed by atoms with Crippen molar-refractivity contribution in [2.24, 2.45) is 5.92 Å². The molecule has 0 heterocycles. The second-order valence-electron chi connectivity index (χ2n) is 5.00. The van der Waals surface area contributed by atoms with Gasteiger partial charge in [0, 0.05) is 6.26 Å². The van der Waals surface area contributed by atoms with Gasteiger partial charge in [-0.25, -0.2) is 8.42 Å². The number of hydrogen-bond acceptors (Lipinski definition) is 4. The molecule has 0 amide bonds. The van der Waals surface area contributed by atoms with E-state index >= 15 is 0 Å². The number of benzene rings is 1. The largest absolute Gasteiger partial charge is 0.489 e. The summed E-state index contributed by atoms with van der Waals surface area (Å²) in [6.45, 7) is 6.17. The number of sulfone groups is 1. The molecule has 5 heteroatoms. The summed E-state index contributed by atoms with van der Waals surface area (Å²) >= 11 is 0. The molecule has 0 saturated carbocycles. The summed E-state index contributed by atoms with van der Waals surface area (Å²) in [4.78, 5) is 0.122. The number of rotatable bonds is 5. The summed E-state index contributed by atoms with van der Waals surface area (Å²) in [6, 6.07) is 4.83. The Morgan fingerprint density at radius 2 is 1.89 bits per heavy atom. The molecular weight excluding hydrogens is 250 g/mol. The second-order valence-corrected chi connectivity index (χ2v) is 6.98. The molecule has 102 valence electrons. The van der Waals surface area contributed by atoms with Crippen molar-refractivity contribution in [1.29, 1.82) is 0 Å². The molecule has 18 heavy (non-hydrogen) atoms. The molecule has 1 aromatic rings. The SMILES string of the molecule is CC(C)CC(C)Oc1cccc(S(C)(=O)=O)c1N. The van der Waals surface area contributed by atoms with Gasteiger partial charge in [0.15, 0.2) is 9.84 Å². The Hall–Kier alpha value is -1.23. The van der Waals surface area contributed by atoms with Gasteiger partial charge in [0.05, 0.1) is 16.7 Å². The molecule has 0 aliphatic heterocycles. The number of ether oxygens (including phenoxy) is 1. The summed E-state index contributed by atoms with van der Waals surface area (Å²) in [5.74, 6) is 0.949. The summed E-state index contributed by atoms with van der Waals surface area (Å²) in [7, 11) is -3.32. The molecule has 0 radical (unpaired) electrons. The number of anilines is 1. The first-order valence-electron chi connectivity index (χ1n) is 5.97. The van der Waals surface area contributed by atoms with Gasteiger partial charge in [0.1, 0.15) is 5.75 Å². The zero-order valence-corrected chi connectivity index (χ0v) is 12.1. The predicted octanol–water partition coefficient (Wildman–Crippen LogP) is 2.49. The van der Waals surface area contributed by atoms with E-state index < -0.39 is 9.84 Å². The Balaban J connectivity index is 2.98. The van der Waals surface area contributed by atoms with E-state index in [9.17, 15) is 8.42 Å². The van der Waals surface area contributed by atoms with Crippen LogP contribution in [0.15, 0.2) is 23.1 Å². The van der Waals surface area contributed by atoms with Crippen LogP contribution in [0.3, 0.4) is 0 Å². The van der Waals surface area contributed by atoms with Crippen molar-refractivity contribution in [2.75, 3.05) is 12.0 Å². The van der Waals surface area contributed by atoms with Gasteiger partial charge in [-0.3, -0.25) is 0 Å². The Morgan fingerprint density at radius 1 is 1.28 bits per heavy atom. The number of nitrogen functional groups attached to an aromatic ring is 1. The lowest BCUT2D eigenvalue weighted by atomic mass is 10.1. The van der Waals surface area contributed by atoms with E-state index in [-0.39, 0.29) is 16.7 Å². The van der Waals surface area contributed by atoms with Crippen LogP contribution in [0.5, 0.6) is 5.75 Å². The molecular formula is C13H21NO3S. The zero-order chi connectivity index (χ0) is 13.9. The van der Waals surface area contributed by atoms with Gasteiger partial charge >= 0.3 is 0 Å². The molecule has 0 aliphatic carbocycles. The Labute approximate surface area is 109 Å². The highest BCUT2D eigenvalue weighted by atomic mass is 32.2. The minimum absolute atomic E-state index is 0.00195. The van der Waals surface area contributed by atoms with Crippen molar-refractivity contribution in [3.05, 3.63) is 18.2 Å². The van der Waals surface area contributed by atoms with Crippen LogP contribution in [0.25, 0.3) is 0 Å². The maximum atomic E-state index is 11.5. The minimum atomic E-state index is -3.32. The highest BCUT2D eigenvalue weighted by Gasteiger charge is 2.16. The molecule has 1 aromatic carbocycles. The fourth-order valence-corrected chi connectivity index (χ4v) is 2.70. The lowest BCUT2D eigenvalue weighted by Crippen LogP contribution is -2.16. The first kappa shape index (κ1) is 14.8. The van der Waals surface area contributed by atoms with Crippen LogP contribution in [0.1, 0.15) is 27.2 Å². The molecule has 0 saturated heterocycles. The van der Waals surface area contributed by atoms with Gasteiger partial charge in [-0.2, -0.15) is 0 Å². The lowest BCUT2D eigenvalue weighted by Gasteiger charge is -2.18. The van der Waals surface area contributed by atoms with Gasteiger partial charge < -0.3 is 10.5 Å². The number of para-hydroxylation sites is 1. The average Bonchev–Trinajstić information content (AvgIpc) is 2.18. The highest BCUT2D eigenvalue weighted by molar-refractivity contribution is 7.90. The van der Waals surface area contributed by atoms with E-state index in [0.29, 0.717) is 11.7 Å². The zero-order valence-electron chi connectivity index (χ0n) is 11.3. The second kappa shape index (κ2) is 5.61. The predicted molar refractivity (Wildman–Crippen MR) is 73.5 cm³/mol. The summed E-state index contributed by atoms with van der Waals surface area (Å²) in [5, 5.41) is 0. The molecule has 0 aliphatic rings. The molecule has 0 bridgehead atoms. The van der Waals surface area contributed by atoms with Crippen molar-refractivity contribution >= 4 is 15.5 Å². The van der Waals surface area contributed by atoms with Gasteiger partial charge in [0.25, 0.3) is 0 Å². The minimum Gasteiger partial charge on any atom is -0.489 e. The average molecular weight is 271 g/mol. The summed E-state index contributed by atoms with van der Waals surface area (Å²) in [5.41, 5.74) is 6.03. The highest BCUT2D eigenvalue weighted by Crippen LogP contribution is 2.30. The van der Waals surface area contributed by atoms with Crippen LogP contribution in [0.2, 0.25) is 0 Å². The van der Waals surface area contributed by atoms with Crippen molar-refractivity contribution in [3.63, 3.8) is 0 Å². The normalized spacial score (nSPS) is 13.6. The number of nitrogens with two attached hydrogens (primary N) is 1. The Bertz CT molecular complexity index is 509. The van der Waals surface area contributed by atoms with Gasteiger partial charge in [-0.15, -0.1) is 0 Å². The topological polar surface area (TPSA) is 69.4 Å². The molecule has 4 nitrogen and oxygen atoms in total. The van der Waals surface area contributed by atoms with Crippen LogP contribution in [-0.4, -0.2) is 20.8 Å². The van der Waals surface area contributed by atoms with Crippen molar-refractivity contribution in [2.45, 2.75) is 38.2 Å². The monoisotopic (exact) mass is 271 g/mol. The molecule has 0 aromatic heterocycles. The van der Waals surface area contributed by atoms with Gasteiger partial charge in [-0.1, -0.05) is 19.9 Å². The lowest BCUT2D eigenvalue weighted by molar-refractivity contribution is 0.194. The van der Waals surface area contributed by atoms with E-state index in [4.69, 9.17) is 10.5 Å². The van der Waals surface area contributed by atoms with Gasteiger partial charge in [0.2, 0.25) is 0 Å². The first-order valence-corrected chi connectivity index (χ1v) is 7.86. The molecule has 1 atom stereocenters.